The van der Waals surface area contributed by atoms with Gasteiger partial charge in [0.2, 0.25) is 0 Å². The zero-order chi connectivity index (χ0) is 29.5. The standard InChI is InChI=1S/C32H32N6O3S/c1-18(2)17-38-26(33)22(16-23-28(38)35-27-19(3)10-9-15-37(27)32(23)41)29(39)36-31-25(21-13-7-8-14-24(21)42-31)30(40)34-20-11-5-4-6-12-20/h4-6,9-12,15-16,18,33H,7-8,13-14,17H2,1-3H3,(H,34,40)(H,36,39). The number of aromatic nitrogens is 3. The average molecular weight is 581 g/mol. The molecule has 1 aliphatic carbocycles. The average Bonchev–Trinajstić information content (AvgIpc) is 3.33. The third kappa shape index (κ3) is 4.92. The molecule has 1 aliphatic rings. The smallest absolute Gasteiger partial charge is 0.267 e. The Morgan fingerprint density at radius 1 is 1.02 bits per heavy atom. The molecule has 0 spiro atoms. The highest BCUT2D eigenvalue weighted by molar-refractivity contribution is 7.17. The van der Waals surface area contributed by atoms with E-state index in [9.17, 15) is 14.4 Å². The van der Waals surface area contributed by atoms with Gasteiger partial charge in [-0.15, -0.1) is 11.3 Å². The normalized spacial score (nSPS) is 13.0. The summed E-state index contributed by atoms with van der Waals surface area (Å²) in [5.74, 6) is -0.685. The van der Waals surface area contributed by atoms with Crippen molar-refractivity contribution < 1.29 is 9.59 Å². The molecule has 10 heteroatoms. The van der Waals surface area contributed by atoms with Crippen molar-refractivity contribution in [2.24, 2.45) is 5.92 Å². The van der Waals surface area contributed by atoms with Crippen molar-refractivity contribution in [3.8, 4) is 0 Å². The number of fused-ring (bicyclic) bond motifs is 3. The van der Waals surface area contributed by atoms with E-state index in [1.165, 1.54) is 21.8 Å². The second-order valence-electron chi connectivity index (χ2n) is 11.1. The number of nitrogens with one attached hydrogen (secondary N) is 3. The van der Waals surface area contributed by atoms with Crippen LogP contribution in [0.4, 0.5) is 10.7 Å². The Kier molecular flexibility index (Phi) is 7.24. The summed E-state index contributed by atoms with van der Waals surface area (Å²) in [6, 6.07) is 14.4. The van der Waals surface area contributed by atoms with Crippen LogP contribution in [0.2, 0.25) is 0 Å². The molecular weight excluding hydrogens is 548 g/mol. The van der Waals surface area contributed by atoms with Gasteiger partial charge in [0, 0.05) is 23.3 Å². The first-order chi connectivity index (χ1) is 20.2. The van der Waals surface area contributed by atoms with Crippen molar-refractivity contribution in [1.82, 2.24) is 14.0 Å². The molecule has 0 fully saturated rings. The minimum absolute atomic E-state index is 0.0323. The summed E-state index contributed by atoms with van der Waals surface area (Å²) in [6.07, 6.45) is 5.28. The third-order valence-corrected chi connectivity index (χ3v) is 8.79. The van der Waals surface area contributed by atoms with Crippen LogP contribution in [0.1, 0.15) is 63.4 Å². The SMILES string of the molecule is Cc1cccn2c(=O)c3cc(C(=O)Nc4sc5c(c4C(=O)Nc4ccccc4)CCCC5)c(=N)n(CC(C)C)c3nc12. The summed E-state index contributed by atoms with van der Waals surface area (Å²) in [6.45, 7) is 6.31. The van der Waals surface area contributed by atoms with Crippen molar-refractivity contribution in [3.05, 3.63) is 97.7 Å². The highest BCUT2D eigenvalue weighted by Gasteiger charge is 2.28. The first-order valence-corrected chi connectivity index (χ1v) is 15.0. The van der Waals surface area contributed by atoms with Crippen LogP contribution < -0.4 is 21.7 Å². The van der Waals surface area contributed by atoms with Crippen LogP contribution in [0, 0.1) is 18.3 Å². The summed E-state index contributed by atoms with van der Waals surface area (Å²) in [7, 11) is 0. The Balaban J connectivity index is 1.46. The van der Waals surface area contributed by atoms with Gasteiger partial charge in [-0.25, -0.2) is 4.98 Å². The molecule has 0 saturated carbocycles. The van der Waals surface area contributed by atoms with Crippen LogP contribution in [0.15, 0.2) is 59.5 Å². The molecule has 42 heavy (non-hydrogen) atoms. The van der Waals surface area contributed by atoms with E-state index in [1.807, 2.05) is 57.2 Å². The Morgan fingerprint density at radius 3 is 2.55 bits per heavy atom. The van der Waals surface area contributed by atoms with Gasteiger partial charge in [0.05, 0.1) is 16.5 Å². The quantitative estimate of drug-likeness (QED) is 0.228. The molecule has 0 radical (unpaired) electrons. The Hall–Kier alpha value is -4.57. The van der Waals surface area contributed by atoms with Crippen molar-refractivity contribution in [1.29, 1.82) is 5.41 Å². The van der Waals surface area contributed by atoms with Crippen LogP contribution in [0.5, 0.6) is 0 Å². The van der Waals surface area contributed by atoms with E-state index >= 15 is 0 Å². The molecule has 0 unspecified atom stereocenters. The number of rotatable bonds is 6. The summed E-state index contributed by atoms with van der Waals surface area (Å²) in [4.78, 5) is 47.0. The fourth-order valence-electron chi connectivity index (χ4n) is 5.59. The molecule has 5 aromatic rings. The second-order valence-corrected chi connectivity index (χ2v) is 12.2. The zero-order valence-corrected chi connectivity index (χ0v) is 24.6. The number of anilines is 2. The van der Waals surface area contributed by atoms with E-state index in [2.05, 4.69) is 10.6 Å². The lowest BCUT2D eigenvalue weighted by Gasteiger charge is -2.17. The molecule has 0 aliphatic heterocycles. The summed E-state index contributed by atoms with van der Waals surface area (Å²) >= 11 is 1.42. The zero-order valence-electron chi connectivity index (χ0n) is 23.8. The summed E-state index contributed by atoms with van der Waals surface area (Å²) in [5.41, 5.74) is 3.55. The third-order valence-electron chi connectivity index (χ3n) is 7.58. The van der Waals surface area contributed by atoms with Crippen LogP contribution in [0.3, 0.4) is 0 Å². The fraction of sp³-hybridized carbons (Fsp3) is 0.281. The largest absolute Gasteiger partial charge is 0.322 e. The molecular formula is C32H32N6O3S. The summed E-state index contributed by atoms with van der Waals surface area (Å²) < 4.78 is 3.12. The number of para-hydroxylation sites is 1. The number of amides is 2. The number of hydrogen-bond acceptors (Lipinski definition) is 6. The van der Waals surface area contributed by atoms with Crippen molar-refractivity contribution in [3.63, 3.8) is 0 Å². The molecule has 0 saturated heterocycles. The molecule has 0 bridgehead atoms. The lowest BCUT2D eigenvalue weighted by molar-refractivity contribution is 0.102. The molecule has 6 rings (SSSR count). The van der Waals surface area contributed by atoms with Crippen LogP contribution >= 0.6 is 11.3 Å². The van der Waals surface area contributed by atoms with Gasteiger partial charge in [-0.3, -0.25) is 24.2 Å². The van der Waals surface area contributed by atoms with Crippen LogP contribution in [-0.4, -0.2) is 25.8 Å². The number of aryl methyl sites for hydroxylation is 2. The van der Waals surface area contributed by atoms with Gasteiger partial charge in [-0.2, -0.15) is 0 Å². The predicted molar refractivity (Wildman–Crippen MR) is 166 cm³/mol. The molecule has 4 aromatic heterocycles. The van der Waals surface area contributed by atoms with Gasteiger partial charge in [0.1, 0.15) is 21.8 Å². The minimum Gasteiger partial charge on any atom is -0.322 e. The maximum Gasteiger partial charge on any atom is 0.267 e. The van der Waals surface area contributed by atoms with Gasteiger partial charge in [0.25, 0.3) is 17.4 Å². The lowest BCUT2D eigenvalue weighted by Crippen LogP contribution is -2.33. The van der Waals surface area contributed by atoms with E-state index < -0.39 is 5.91 Å². The number of carbonyl (C=O) groups is 2. The minimum atomic E-state index is -0.541. The highest BCUT2D eigenvalue weighted by Crippen LogP contribution is 2.38. The van der Waals surface area contributed by atoms with Crippen molar-refractivity contribution in [2.75, 3.05) is 10.6 Å². The van der Waals surface area contributed by atoms with E-state index in [1.54, 1.807) is 16.8 Å². The summed E-state index contributed by atoms with van der Waals surface area (Å²) in [5, 5.41) is 15.7. The topological polar surface area (TPSA) is 121 Å². The Labute approximate surface area is 246 Å². The molecule has 2 amide bonds. The number of hydrogen-bond donors (Lipinski definition) is 3. The first-order valence-electron chi connectivity index (χ1n) is 14.2. The lowest BCUT2D eigenvalue weighted by atomic mass is 9.95. The van der Waals surface area contributed by atoms with E-state index in [0.717, 1.165) is 41.7 Å². The fourth-order valence-corrected chi connectivity index (χ4v) is 6.87. The van der Waals surface area contributed by atoms with Gasteiger partial charge in [0.15, 0.2) is 0 Å². The number of thiophene rings is 1. The van der Waals surface area contributed by atoms with Crippen molar-refractivity contribution >= 4 is 50.5 Å². The number of benzene rings is 1. The Morgan fingerprint density at radius 2 is 1.79 bits per heavy atom. The maximum atomic E-state index is 13.9. The second kappa shape index (κ2) is 11.0. The molecule has 3 N–H and O–H groups in total. The van der Waals surface area contributed by atoms with Gasteiger partial charge < -0.3 is 15.2 Å². The Bertz CT molecular complexity index is 1990. The maximum absolute atomic E-state index is 13.9. The molecule has 4 heterocycles. The van der Waals surface area contributed by atoms with E-state index in [0.29, 0.717) is 34.1 Å². The molecule has 0 atom stereocenters. The van der Waals surface area contributed by atoms with Crippen LogP contribution in [-0.2, 0) is 19.4 Å². The van der Waals surface area contributed by atoms with Gasteiger partial charge >= 0.3 is 0 Å². The predicted octanol–water partition coefficient (Wildman–Crippen LogP) is 5.54. The van der Waals surface area contributed by atoms with Crippen molar-refractivity contribution in [2.45, 2.75) is 53.0 Å². The number of carbonyl (C=O) groups excluding carboxylic acids is 2. The number of pyridine rings is 2. The molecule has 1 aromatic carbocycles. The number of nitrogens with zero attached hydrogens (tertiary/aromatic N) is 3. The van der Waals surface area contributed by atoms with Gasteiger partial charge in [-0.05, 0) is 73.9 Å². The van der Waals surface area contributed by atoms with Crippen LogP contribution in [0.25, 0.3) is 16.7 Å². The van der Waals surface area contributed by atoms with E-state index in [4.69, 9.17) is 10.4 Å². The molecule has 214 valence electrons. The first kappa shape index (κ1) is 27.6. The highest BCUT2D eigenvalue weighted by atomic mass is 32.1. The molecule has 9 nitrogen and oxygen atoms in total. The van der Waals surface area contributed by atoms with Gasteiger partial charge in [-0.1, -0.05) is 38.1 Å². The van der Waals surface area contributed by atoms with E-state index in [-0.39, 0.29) is 33.8 Å². The monoisotopic (exact) mass is 580 g/mol.